The number of carbonyl (C=O) groups excluding carboxylic acids is 1. The minimum absolute atomic E-state index is 0.0860. The number of nitrogens with zero attached hydrogens (tertiary/aromatic N) is 3. The van der Waals surface area contributed by atoms with E-state index in [-0.39, 0.29) is 6.03 Å². The van der Waals surface area contributed by atoms with Crippen molar-refractivity contribution < 1.29 is 9.53 Å². The van der Waals surface area contributed by atoms with E-state index in [2.05, 4.69) is 39.3 Å². The molecule has 0 fully saturated rings. The highest BCUT2D eigenvalue weighted by atomic mass is 32.1. The van der Waals surface area contributed by atoms with E-state index in [4.69, 9.17) is 4.74 Å². The number of hydrogen-bond acceptors (Lipinski definition) is 4. The average Bonchev–Trinajstić information content (AvgIpc) is 3.19. The zero-order valence-electron chi connectivity index (χ0n) is 16.3. The van der Waals surface area contributed by atoms with Crippen molar-refractivity contribution in [3.05, 3.63) is 51.5 Å². The van der Waals surface area contributed by atoms with Crippen molar-refractivity contribution in [3.63, 3.8) is 0 Å². The van der Waals surface area contributed by atoms with Crippen molar-refractivity contribution in [2.75, 3.05) is 20.3 Å². The predicted molar refractivity (Wildman–Crippen MR) is 109 cm³/mol. The second kappa shape index (κ2) is 8.54. The number of nitrogens with one attached hydrogen (secondary N) is 1. The molecule has 1 aromatic carbocycles. The largest absolute Gasteiger partial charge is 0.383 e. The van der Waals surface area contributed by atoms with E-state index in [9.17, 15) is 4.79 Å². The lowest BCUT2D eigenvalue weighted by atomic mass is 10.2. The first-order chi connectivity index (χ1) is 13.0. The van der Waals surface area contributed by atoms with Gasteiger partial charge in [0, 0.05) is 32.1 Å². The predicted octanol–water partition coefficient (Wildman–Crippen LogP) is 3.61. The van der Waals surface area contributed by atoms with Crippen molar-refractivity contribution in [2.24, 2.45) is 7.05 Å². The molecule has 1 N–H and O–H groups in total. The summed E-state index contributed by atoms with van der Waals surface area (Å²) in [5.41, 5.74) is 4.30. The third-order valence-corrected chi connectivity index (χ3v) is 5.78. The fourth-order valence-electron chi connectivity index (χ4n) is 2.96. The summed E-state index contributed by atoms with van der Waals surface area (Å²) in [6.45, 7) is 6.19. The molecule has 0 saturated heterocycles. The number of thiophene rings is 1. The molecule has 2 amide bonds. The number of rotatable bonds is 7. The lowest BCUT2D eigenvalue weighted by Crippen LogP contribution is -2.40. The number of ether oxygens (including phenoxy) is 1. The van der Waals surface area contributed by atoms with Crippen LogP contribution in [0.1, 0.15) is 21.8 Å². The van der Waals surface area contributed by atoms with E-state index in [1.807, 2.05) is 26.1 Å². The third kappa shape index (κ3) is 4.48. The lowest BCUT2D eigenvalue weighted by molar-refractivity contribution is 0.146. The van der Waals surface area contributed by atoms with Crippen molar-refractivity contribution in [1.82, 2.24) is 19.8 Å². The molecule has 0 radical (unpaired) electrons. The Morgan fingerprint density at radius 1 is 1.33 bits per heavy atom. The van der Waals surface area contributed by atoms with Crippen molar-refractivity contribution >= 4 is 28.4 Å². The molecule has 3 aromatic rings. The third-order valence-electron chi connectivity index (χ3n) is 4.77. The zero-order chi connectivity index (χ0) is 19.4. The van der Waals surface area contributed by atoms with Gasteiger partial charge in [0.2, 0.25) is 0 Å². The van der Waals surface area contributed by atoms with Gasteiger partial charge in [-0.25, -0.2) is 9.78 Å². The second-order valence-electron chi connectivity index (χ2n) is 6.64. The quantitative estimate of drug-likeness (QED) is 0.675. The van der Waals surface area contributed by atoms with E-state index < -0.39 is 0 Å². The number of aryl methyl sites for hydroxylation is 3. The molecule has 0 bridgehead atoms. The first-order valence-electron chi connectivity index (χ1n) is 8.96. The topological polar surface area (TPSA) is 59.4 Å². The molecule has 2 aromatic heterocycles. The van der Waals surface area contributed by atoms with Gasteiger partial charge in [-0.05, 0) is 48.6 Å². The first kappa shape index (κ1) is 19.4. The molecule has 2 heterocycles. The highest BCUT2D eigenvalue weighted by molar-refractivity contribution is 7.10. The molecular formula is C20H26N4O2S. The van der Waals surface area contributed by atoms with Gasteiger partial charge in [0.05, 0.1) is 24.2 Å². The summed E-state index contributed by atoms with van der Waals surface area (Å²) in [5, 5.41) is 5.08. The summed E-state index contributed by atoms with van der Waals surface area (Å²) in [7, 11) is 3.66. The maximum atomic E-state index is 12.7. The summed E-state index contributed by atoms with van der Waals surface area (Å²) in [6.07, 6.45) is 0. The van der Waals surface area contributed by atoms with Crippen molar-refractivity contribution in [3.8, 4) is 0 Å². The van der Waals surface area contributed by atoms with Gasteiger partial charge in [0.25, 0.3) is 0 Å². The Balaban J connectivity index is 1.66. The molecule has 27 heavy (non-hydrogen) atoms. The van der Waals surface area contributed by atoms with Gasteiger partial charge in [-0.15, -0.1) is 11.3 Å². The summed E-state index contributed by atoms with van der Waals surface area (Å²) < 4.78 is 7.23. The Labute approximate surface area is 163 Å². The number of methoxy groups -OCH3 is 1. The molecule has 144 valence electrons. The van der Waals surface area contributed by atoms with Crippen LogP contribution in [0, 0.1) is 13.8 Å². The van der Waals surface area contributed by atoms with E-state index in [0.29, 0.717) is 26.2 Å². The van der Waals surface area contributed by atoms with E-state index in [0.717, 1.165) is 22.4 Å². The van der Waals surface area contributed by atoms with E-state index in [1.165, 1.54) is 10.4 Å². The van der Waals surface area contributed by atoms with Gasteiger partial charge < -0.3 is 19.5 Å². The maximum Gasteiger partial charge on any atom is 0.318 e. The first-order valence-corrected chi connectivity index (χ1v) is 9.84. The SMILES string of the molecule is COCCN(Cc1sccc1C)C(=O)NCc1ccc2c(c1)nc(C)n2C. The van der Waals surface area contributed by atoms with Crippen LogP contribution in [0.25, 0.3) is 11.0 Å². The monoisotopic (exact) mass is 386 g/mol. The maximum absolute atomic E-state index is 12.7. The van der Waals surface area contributed by atoms with Crippen molar-refractivity contribution in [2.45, 2.75) is 26.9 Å². The number of aromatic nitrogens is 2. The Morgan fingerprint density at radius 3 is 2.85 bits per heavy atom. The number of urea groups is 1. The smallest absolute Gasteiger partial charge is 0.318 e. The van der Waals surface area contributed by atoms with Crippen LogP contribution in [0.2, 0.25) is 0 Å². The molecule has 3 rings (SSSR count). The van der Waals surface area contributed by atoms with Crippen LogP contribution in [-0.4, -0.2) is 40.7 Å². The van der Waals surface area contributed by atoms with Crippen LogP contribution in [0.3, 0.4) is 0 Å². The summed E-state index contributed by atoms with van der Waals surface area (Å²) >= 11 is 1.68. The lowest BCUT2D eigenvalue weighted by Gasteiger charge is -2.22. The van der Waals surface area contributed by atoms with Crippen LogP contribution >= 0.6 is 11.3 Å². The molecule has 0 spiro atoms. The van der Waals surface area contributed by atoms with Crippen LogP contribution in [0.15, 0.2) is 29.6 Å². The van der Waals surface area contributed by atoms with Crippen LogP contribution in [0.5, 0.6) is 0 Å². The molecule has 7 heteroatoms. The van der Waals surface area contributed by atoms with Gasteiger partial charge in [-0.1, -0.05) is 6.07 Å². The molecule has 0 atom stereocenters. The normalized spacial score (nSPS) is 11.1. The van der Waals surface area contributed by atoms with Gasteiger partial charge in [0.15, 0.2) is 0 Å². The minimum atomic E-state index is -0.0860. The molecule has 0 unspecified atom stereocenters. The number of imidazole rings is 1. The Kier molecular flexibility index (Phi) is 6.13. The second-order valence-corrected chi connectivity index (χ2v) is 7.64. The molecule has 0 aliphatic carbocycles. The summed E-state index contributed by atoms with van der Waals surface area (Å²) in [6, 6.07) is 8.11. The van der Waals surface area contributed by atoms with Crippen LogP contribution < -0.4 is 5.32 Å². The van der Waals surface area contributed by atoms with Gasteiger partial charge in [-0.3, -0.25) is 0 Å². The van der Waals surface area contributed by atoms with Gasteiger partial charge in [0.1, 0.15) is 5.82 Å². The Hall–Kier alpha value is -2.38. The van der Waals surface area contributed by atoms with Crippen molar-refractivity contribution in [1.29, 1.82) is 0 Å². The summed E-state index contributed by atoms with van der Waals surface area (Å²) in [4.78, 5) is 20.3. The number of hydrogen-bond donors (Lipinski definition) is 1. The standard InChI is InChI=1S/C20H26N4O2S/c1-14-7-10-27-19(14)13-24(8-9-26-4)20(25)21-12-16-5-6-18-17(11-16)22-15(2)23(18)3/h5-7,10-11H,8-9,12-13H2,1-4H3,(H,21,25). The Bertz CT molecular complexity index is 931. The highest BCUT2D eigenvalue weighted by Gasteiger charge is 2.15. The zero-order valence-corrected chi connectivity index (χ0v) is 17.1. The number of benzene rings is 1. The number of amides is 2. The fraction of sp³-hybridized carbons (Fsp3) is 0.400. The summed E-state index contributed by atoms with van der Waals surface area (Å²) in [5.74, 6) is 0.975. The van der Waals surface area contributed by atoms with E-state index in [1.54, 1.807) is 23.3 Å². The highest BCUT2D eigenvalue weighted by Crippen LogP contribution is 2.19. The minimum Gasteiger partial charge on any atom is -0.383 e. The van der Waals surface area contributed by atoms with Gasteiger partial charge in [-0.2, -0.15) is 0 Å². The molecule has 6 nitrogen and oxygen atoms in total. The fourth-order valence-corrected chi connectivity index (χ4v) is 3.88. The Morgan fingerprint density at radius 2 is 2.15 bits per heavy atom. The van der Waals surface area contributed by atoms with E-state index >= 15 is 0 Å². The van der Waals surface area contributed by atoms with Gasteiger partial charge >= 0.3 is 6.03 Å². The number of carbonyl (C=O) groups is 1. The average molecular weight is 387 g/mol. The number of fused-ring (bicyclic) bond motifs is 1. The molecule has 0 aliphatic heterocycles. The molecule has 0 aliphatic rings. The van der Waals surface area contributed by atoms with Crippen LogP contribution in [0.4, 0.5) is 4.79 Å². The molecular weight excluding hydrogens is 360 g/mol. The molecule has 0 saturated carbocycles. The van der Waals surface area contributed by atoms with Crippen LogP contribution in [-0.2, 0) is 24.9 Å².